The van der Waals surface area contributed by atoms with Gasteiger partial charge < -0.3 is 9.52 Å². The van der Waals surface area contributed by atoms with Crippen molar-refractivity contribution in [2.24, 2.45) is 5.92 Å². The predicted octanol–water partition coefficient (Wildman–Crippen LogP) is 1.92. The second kappa shape index (κ2) is 4.82. The minimum atomic E-state index is -3.00. The third-order valence-corrected chi connectivity index (χ3v) is 5.19. The summed E-state index contributed by atoms with van der Waals surface area (Å²) in [6.07, 6.45) is 5.05. The molecule has 1 saturated carbocycles. The van der Waals surface area contributed by atoms with Gasteiger partial charge in [-0.15, -0.1) is 0 Å². The standard InChI is InChI=1S/C12H18O4S/c1-17(14,15)10-5-2-4-9(8-10)12(13)11-6-3-7-16-11/h3,6-7,9-10,12-13H,2,4-5,8H2,1H3. The van der Waals surface area contributed by atoms with E-state index in [1.165, 1.54) is 12.5 Å². The molecule has 4 nitrogen and oxygen atoms in total. The number of hydrogen-bond donors (Lipinski definition) is 1. The molecule has 0 aliphatic heterocycles. The first-order valence-corrected chi connectivity index (χ1v) is 7.84. The van der Waals surface area contributed by atoms with Gasteiger partial charge in [-0.2, -0.15) is 0 Å². The summed E-state index contributed by atoms with van der Waals surface area (Å²) in [6.45, 7) is 0. The lowest BCUT2D eigenvalue weighted by atomic mass is 9.84. The van der Waals surface area contributed by atoms with Crippen LogP contribution < -0.4 is 0 Å². The molecular formula is C12H18O4S. The van der Waals surface area contributed by atoms with Gasteiger partial charge in [-0.05, 0) is 37.3 Å². The first-order chi connectivity index (χ1) is 7.98. The predicted molar refractivity (Wildman–Crippen MR) is 64.3 cm³/mol. The van der Waals surface area contributed by atoms with Crippen molar-refractivity contribution < 1.29 is 17.9 Å². The Morgan fingerprint density at radius 2 is 2.24 bits per heavy atom. The van der Waals surface area contributed by atoms with E-state index in [0.717, 1.165) is 12.8 Å². The molecule has 0 spiro atoms. The van der Waals surface area contributed by atoms with Gasteiger partial charge in [0, 0.05) is 6.26 Å². The Balaban J connectivity index is 2.07. The molecule has 1 aromatic heterocycles. The second-order valence-electron chi connectivity index (χ2n) is 4.84. The van der Waals surface area contributed by atoms with Gasteiger partial charge in [0.05, 0.1) is 11.5 Å². The van der Waals surface area contributed by atoms with E-state index in [0.29, 0.717) is 18.6 Å². The maximum atomic E-state index is 11.5. The second-order valence-corrected chi connectivity index (χ2v) is 7.16. The maximum Gasteiger partial charge on any atom is 0.150 e. The summed E-state index contributed by atoms with van der Waals surface area (Å²) in [5, 5.41) is 9.82. The van der Waals surface area contributed by atoms with E-state index < -0.39 is 15.9 Å². The molecule has 5 heteroatoms. The number of aliphatic hydroxyl groups is 1. The van der Waals surface area contributed by atoms with Crippen molar-refractivity contribution in [1.82, 2.24) is 0 Å². The molecule has 0 amide bonds. The molecule has 0 bridgehead atoms. The van der Waals surface area contributed by atoms with E-state index in [1.54, 1.807) is 12.1 Å². The average Bonchev–Trinajstić information content (AvgIpc) is 2.80. The molecule has 1 fully saturated rings. The highest BCUT2D eigenvalue weighted by Crippen LogP contribution is 2.36. The molecule has 0 aromatic carbocycles. The van der Waals surface area contributed by atoms with Gasteiger partial charge in [-0.3, -0.25) is 0 Å². The zero-order valence-electron chi connectivity index (χ0n) is 9.87. The molecule has 17 heavy (non-hydrogen) atoms. The van der Waals surface area contributed by atoms with Gasteiger partial charge in [0.15, 0.2) is 0 Å². The number of sulfone groups is 1. The Bertz CT molecular complexity index is 449. The van der Waals surface area contributed by atoms with Crippen molar-refractivity contribution in [3.8, 4) is 0 Å². The van der Waals surface area contributed by atoms with Crippen LogP contribution in [0.4, 0.5) is 0 Å². The van der Waals surface area contributed by atoms with Crippen LogP contribution in [0.5, 0.6) is 0 Å². The molecule has 0 saturated heterocycles. The van der Waals surface area contributed by atoms with Crippen LogP contribution in [-0.4, -0.2) is 25.0 Å². The number of rotatable bonds is 3. The first kappa shape index (κ1) is 12.6. The van der Waals surface area contributed by atoms with Crippen molar-refractivity contribution in [2.45, 2.75) is 37.0 Å². The summed E-state index contributed by atoms with van der Waals surface area (Å²) in [7, 11) is -3.00. The Labute approximate surface area is 102 Å². The molecule has 1 aliphatic rings. The Morgan fingerprint density at radius 3 is 2.82 bits per heavy atom. The maximum absolute atomic E-state index is 11.5. The lowest BCUT2D eigenvalue weighted by Crippen LogP contribution is -2.30. The highest BCUT2D eigenvalue weighted by atomic mass is 32.2. The van der Waals surface area contributed by atoms with E-state index >= 15 is 0 Å². The zero-order chi connectivity index (χ0) is 12.5. The molecule has 2 rings (SSSR count). The van der Waals surface area contributed by atoms with Crippen LogP contribution in [0.1, 0.15) is 37.5 Å². The van der Waals surface area contributed by atoms with Gasteiger partial charge >= 0.3 is 0 Å². The van der Waals surface area contributed by atoms with Crippen molar-refractivity contribution in [2.75, 3.05) is 6.26 Å². The lowest BCUT2D eigenvalue weighted by molar-refractivity contribution is 0.0661. The van der Waals surface area contributed by atoms with Gasteiger partial charge in [-0.1, -0.05) is 6.42 Å². The topological polar surface area (TPSA) is 67.5 Å². The van der Waals surface area contributed by atoms with Gasteiger partial charge in [0.2, 0.25) is 0 Å². The van der Waals surface area contributed by atoms with E-state index in [1.807, 2.05) is 0 Å². The van der Waals surface area contributed by atoms with Crippen LogP contribution in [0.15, 0.2) is 22.8 Å². The summed E-state index contributed by atoms with van der Waals surface area (Å²) < 4.78 is 28.2. The smallest absolute Gasteiger partial charge is 0.150 e. The summed E-state index contributed by atoms with van der Waals surface area (Å²) in [5.74, 6) is 0.513. The van der Waals surface area contributed by atoms with E-state index in [9.17, 15) is 13.5 Å². The van der Waals surface area contributed by atoms with Crippen LogP contribution in [0.25, 0.3) is 0 Å². The fourth-order valence-corrected chi connectivity index (χ4v) is 3.74. The molecule has 3 atom stereocenters. The Hall–Kier alpha value is -0.810. The molecule has 1 N–H and O–H groups in total. The molecule has 0 radical (unpaired) electrons. The van der Waals surface area contributed by atoms with E-state index in [4.69, 9.17) is 4.42 Å². The lowest BCUT2D eigenvalue weighted by Gasteiger charge is -2.30. The SMILES string of the molecule is CS(=O)(=O)C1CCCC(C(O)c2ccco2)C1. The molecule has 1 heterocycles. The van der Waals surface area contributed by atoms with Crippen molar-refractivity contribution in [1.29, 1.82) is 0 Å². The summed E-state index contributed by atoms with van der Waals surface area (Å²) in [5.41, 5.74) is 0. The molecular weight excluding hydrogens is 240 g/mol. The minimum Gasteiger partial charge on any atom is -0.467 e. The largest absolute Gasteiger partial charge is 0.467 e. The third-order valence-electron chi connectivity index (χ3n) is 3.55. The molecule has 96 valence electrons. The summed E-state index contributed by atoms with van der Waals surface area (Å²) in [6, 6.07) is 3.46. The summed E-state index contributed by atoms with van der Waals surface area (Å²) in [4.78, 5) is 0. The fourth-order valence-electron chi connectivity index (χ4n) is 2.55. The Kier molecular flexibility index (Phi) is 3.58. The molecule has 1 aromatic rings. The van der Waals surface area contributed by atoms with Crippen LogP contribution in [-0.2, 0) is 9.84 Å². The third kappa shape index (κ3) is 2.90. The fraction of sp³-hybridized carbons (Fsp3) is 0.667. The van der Waals surface area contributed by atoms with Crippen molar-refractivity contribution in [3.63, 3.8) is 0 Å². The zero-order valence-corrected chi connectivity index (χ0v) is 10.7. The number of hydrogen-bond acceptors (Lipinski definition) is 4. The van der Waals surface area contributed by atoms with Crippen LogP contribution in [0.2, 0.25) is 0 Å². The average molecular weight is 258 g/mol. The number of furan rings is 1. The summed E-state index contributed by atoms with van der Waals surface area (Å²) >= 11 is 0. The van der Waals surface area contributed by atoms with Crippen LogP contribution >= 0.6 is 0 Å². The monoisotopic (exact) mass is 258 g/mol. The quantitative estimate of drug-likeness (QED) is 0.899. The van der Waals surface area contributed by atoms with Crippen LogP contribution in [0.3, 0.4) is 0 Å². The highest BCUT2D eigenvalue weighted by Gasteiger charge is 2.33. The highest BCUT2D eigenvalue weighted by molar-refractivity contribution is 7.91. The van der Waals surface area contributed by atoms with E-state index in [2.05, 4.69) is 0 Å². The van der Waals surface area contributed by atoms with Crippen LogP contribution in [0, 0.1) is 5.92 Å². The molecule has 3 unspecified atom stereocenters. The van der Waals surface area contributed by atoms with Crippen molar-refractivity contribution >= 4 is 9.84 Å². The van der Waals surface area contributed by atoms with Gasteiger partial charge in [0.25, 0.3) is 0 Å². The Morgan fingerprint density at radius 1 is 1.47 bits per heavy atom. The molecule has 1 aliphatic carbocycles. The number of aliphatic hydroxyl groups excluding tert-OH is 1. The van der Waals surface area contributed by atoms with E-state index in [-0.39, 0.29) is 11.2 Å². The van der Waals surface area contributed by atoms with Gasteiger partial charge in [0.1, 0.15) is 21.7 Å². The van der Waals surface area contributed by atoms with Gasteiger partial charge in [-0.25, -0.2) is 8.42 Å². The van der Waals surface area contributed by atoms with Crippen molar-refractivity contribution in [3.05, 3.63) is 24.2 Å². The first-order valence-electron chi connectivity index (χ1n) is 5.89. The minimum absolute atomic E-state index is 0.0189. The normalized spacial score (nSPS) is 27.9.